The van der Waals surface area contributed by atoms with Gasteiger partial charge < -0.3 is 10.4 Å². The number of nitrogens with one attached hydrogen (secondary N) is 1. The molecule has 3 nitrogen and oxygen atoms in total. The van der Waals surface area contributed by atoms with Crippen LogP contribution in [0.1, 0.15) is 24.8 Å². The number of aliphatic hydroxyl groups excluding tert-OH is 1. The van der Waals surface area contributed by atoms with Crippen LogP contribution in [0.3, 0.4) is 0 Å². The van der Waals surface area contributed by atoms with Gasteiger partial charge in [-0.25, -0.2) is 4.98 Å². The van der Waals surface area contributed by atoms with Gasteiger partial charge in [0.25, 0.3) is 0 Å². The van der Waals surface area contributed by atoms with Crippen LogP contribution in [0.4, 0.5) is 0 Å². The molecule has 0 aliphatic heterocycles. The first kappa shape index (κ1) is 12.5. The predicted octanol–water partition coefficient (Wildman–Crippen LogP) is 2.55. The van der Waals surface area contributed by atoms with Crippen LogP contribution in [-0.2, 0) is 6.54 Å². The van der Waals surface area contributed by atoms with Gasteiger partial charge in [0.15, 0.2) is 0 Å². The molecule has 2 aromatic rings. The lowest BCUT2D eigenvalue weighted by Crippen LogP contribution is -2.25. The summed E-state index contributed by atoms with van der Waals surface area (Å²) >= 11 is 1.74. The number of para-hydroxylation sites is 1. The fraction of sp³-hybridized carbons (Fsp3) is 0.462. The van der Waals surface area contributed by atoms with Crippen molar-refractivity contribution >= 4 is 21.6 Å². The minimum absolute atomic E-state index is 0.271. The minimum Gasteiger partial charge on any atom is -0.396 e. The van der Waals surface area contributed by atoms with Crippen molar-refractivity contribution in [1.82, 2.24) is 10.3 Å². The first-order valence-electron chi connectivity index (χ1n) is 5.98. The van der Waals surface area contributed by atoms with Gasteiger partial charge in [-0.15, -0.1) is 11.3 Å². The second kappa shape index (κ2) is 6.10. The summed E-state index contributed by atoms with van der Waals surface area (Å²) in [5.74, 6) is 0. The molecule has 0 bridgehead atoms. The second-order valence-electron chi connectivity index (χ2n) is 4.22. The monoisotopic (exact) mass is 250 g/mol. The fourth-order valence-corrected chi connectivity index (χ4v) is 2.67. The minimum atomic E-state index is 0.271. The molecule has 17 heavy (non-hydrogen) atoms. The van der Waals surface area contributed by atoms with E-state index in [1.807, 2.05) is 18.2 Å². The summed E-state index contributed by atoms with van der Waals surface area (Å²) in [4.78, 5) is 4.57. The summed E-state index contributed by atoms with van der Waals surface area (Å²) < 4.78 is 1.24. The van der Waals surface area contributed by atoms with E-state index in [1.165, 1.54) is 4.70 Å². The Labute approximate surface area is 106 Å². The molecule has 0 saturated heterocycles. The first-order valence-corrected chi connectivity index (χ1v) is 6.80. The number of aromatic nitrogens is 1. The molecule has 0 saturated carbocycles. The highest BCUT2D eigenvalue weighted by molar-refractivity contribution is 7.18. The molecule has 2 rings (SSSR count). The third-order valence-corrected chi connectivity index (χ3v) is 3.77. The molecule has 1 unspecified atom stereocenters. The highest BCUT2D eigenvalue weighted by Gasteiger charge is 2.05. The van der Waals surface area contributed by atoms with Gasteiger partial charge in [-0.1, -0.05) is 12.1 Å². The number of hydrogen-bond donors (Lipinski definition) is 2. The predicted molar refractivity (Wildman–Crippen MR) is 72.2 cm³/mol. The van der Waals surface area contributed by atoms with E-state index in [9.17, 15) is 0 Å². The van der Waals surface area contributed by atoms with E-state index in [1.54, 1.807) is 11.3 Å². The van der Waals surface area contributed by atoms with Crippen molar-refractivity contribution in [3.8, 4) is 0 Å². The quantitative estimate of drug-likeness (QED) is 0.828. The zero-order valence-corrected chi connectivity index (χ0v) is 10.8. The SMILES string of the molecule is CC(CCCO)NCc1nc2ccccc2s1. The van der Waals surface area contributed by atoms with Crippen LogP contribution >= 0.6 is 11.3 Å². The summed E-state index contributed by atoms with van der Waals surface area (Å²) in [6, 6.07) is 8.63. The Kier molecular flexibility index (Phi) is 4.48. The molecular weight excluding hydrogens is 232 g/mol. The lowest BCUT2D eigenvalue weighted by molar-refractivity contribution is 0.276. The van der Waals surface area contributed by atoms with Gasteiger partial charge in [0, 0.05) is 19.2 Å². The Morgan fingerprint density at radius 2 is 2.24 bits per heavy atom. The van der Waals surface area contributed by atoms with Gasteiger partial charge >= 0.3 is 0 Å². The lowest BCUT2D eigenvalue weighted by atomic mass is 10.2. The lowest BCUT2D eigenvalue weighted by Gasteiger charge is -2.11. The third-order valence-electron chi connectivity index (χ3n) is 2.74. The van der Waals surface area contributed by atoms with Crippen molar-refractivity contribution in [3.05, 3.63) is 29.3 Å². The number of nitrogens with zero attached hydrogens (tertiary/aromatic N) is 1. The fourth-order valence-electron chi connectivity index (χ4n) is 1.76. The Morgan fingerprint density at radius 1 is 1.41 bits per heavy atom. The van der Waals surface area contributed by atoms with E-state index in [2.05, 4.69) is 23.3 Å². The van der Waals surface area contributed by atoms with E-state index >= 15 is 0 Å². The highest BCUT2D eigenvalue weighted by atomic mass is 32.1. The maximum Gasteiger partial charge on any atom is 0.108 e. The van der Waals surface area contributed by atoms with E-state index in [-0.39, 0.29) is 6.61 Å². The van der Waals surface area contributed by atoms with Gasteiger partial charge in [-0.05, 0) is 31.9 Å². The summed E-state index contributed by atoms with van der Waals surface area (Å²) in [5.41, 5.74) is 1.08. The molecule has 1 atom stereocenters. The third kappa shape index (κ3) is 3.49. The van der Waals surface area contributed by atoms with Crippen molar-refractivity contribution in [3.63, 3.8) is 0 Å². The van der Waals surface area contributed by atoms with Crippen LogP contribution in [0.5, 0.6) is 0 Å². The van der Waals surface area contributed by atoms with Crippen molar-refractivity contribution in [1.29, 1.82) is 0 Å². The van der Waals surface area contributed by atoms with E-state index in [0.717, 1.165) is 29.9 Å². The molecule has 1 aromatic carbocycles. The average molecular weight is 250 g/mol. The molecule has 1 aromatic heterocycles. The first-order chi connectivity index (χ1) is 8.29. The zero-order valence-electron chi connectivity index (χ0n) is 10.0. The molecule has 0 fully saturated rings. The molecule has 0 spiro atoms. The van der Waals surface area contributed by atoms with Crippen LogP contribution in [0, 0.1) is 0 Å². The van der Waals surface area contributed by atoms with Crippen LogP contribution in [0.2, 0.25) is 0 Å². The van der Waals surface area contributed by atoms with Gasteiger partial charge in [-0.3, -0.25) is 0 Å². The normalized spacial score (nSPS) is 13.1. The highest BCUT2D eigenvalue weighted by Crippen LogP contribution is 2.21. The number of rotatable bonds is 6. The van der Waals surface area contributed by atoms with Crippen molar-refractivity contribution in [2.24, 2.45) is 0 Å². The van der Waals surface area contributed by atoms with E-state index < -0.39 is 0 Å². The zero-order chi connectivity index (χ0) is 12.1. The Morgan fingerprint density at radius 3 is 3.00 bits per heavy atom. The van der Waals surface area contributed by atoms with Crippen LogP contribution < -0.4 is 5.32 Å². The summed E-state index contributed by atoms with van der Waals surface area (Å²) in [5, 5.41) is 13.3. The topological polar surface area (TPSA) is 45.1 Å². The summed E-state index contributed by atoms with van der Waals surface area (Å²) in [7, 11) is 0. The Balaban J connectivity index is 1.90. The molecule has 0 aliphatic rings. The van der Waals surface area contributed by atoms with Crippen molar-refractivity contribution in [2.75, 3.05) is 6.61 Å². The Hall–Kier alpha value is -0.970. The molecule has 0 aliphatic carbocycles. The number of fused-ring (bicyclic) bond motifs is 1. The van der Waals surface area contributed by atoms with Gasteiger partial charge in [0.2, 0.25) is 0 Å². The molecule has 0 radical (unpaired) electrons. The van der Waals surface area contributed by atoms with E-state index in [4.69, 9.17) is 5.11 Å². The largest absolute Gasteiger partial charge is 0.396 e. The molecule has 0 amide bonds. The molecule has 92 valence electrons. The van der Waals surface area contributed by atoms with Crippen molar-refractivity contribution < 1.29 is 5.11 Å². The second-order valence-corrected chi connectivity index (χ2v) is 5.34. The summed E-state index contributed by atoms with van der Waals surface area (Å²) in [6.07, 6.45) is 1.86. The average Bonchev–Trinajstić information content (AvgIpc) is 2.76. The Bertz CT molecular complexity index is 436. The van der Waals surface area contributed by atoms with Gasteiger partial charge in [0.1, 0.15) is 5.01 Å². The maximum absolute atomic E-state index is 8.76. The van der Waals surface area contributed by atoms with Gasteiger partial charge in [-0.2, -0.15) is 0 Å². The van der Waals surface area contributed by atoms with Gasteiger partial charge in [0.05, 0.1) is 10.2 Å². The van der Waals surface area contributed by atoms with Crippen LogP contribution in [0.15, 0.2) is 24.3 Å². The van der Waals surface area contributed by atoms with Crippen molar-refractivity contribution in [2.45, 2.75) is 32.4 Å². The summed E-state index contributed by atoms with van der Waals surface area (Å²) in [6.45, 7) is 3.22. The van der Waals surface area contributed by atoms with E-state index in [0.29, 0.717) is 6.04 Å². The standard InChI is InChI=1S/C13H18N2OS/c1-10(5-4-8-16)14-9-13-15-11-6-2-3-7-12(11)17-13/h2-3,6-7,10,14,16H,4-5,8-9H2,1H3. The molecular formula is C13H18N2OS. The number of aliphatic hydroxyl groups is 1. The molecule has 2 N–H and O–H groups in total. The van der Waals surface area contributed by atoms with Crippen LogP contribution in [-0.4, -0.2) is 22.7 Å². The number of thiazole rings is 1. The maximum atomic E-state index is 8.76. The smallest absolute Gasteiger partial charge is 0.108 e. The van der Waals surface area contributed by atoms with Crippen LogP contribution in [0.25, 0.3) is 10.2 Å². The molecule has 1 heterocycles. The number of hydrogen-bond acceptors (Lipinski definition) is 4. The molecule has 4 heteroatoms. The number of benzene rings is 1.